The molecule has 0 heterocycles. The Balaban J connectivity index is 1.60. The Morgan fingerprint density at radius 3 is 2.44 bits per heavy atom. The maximum Gasteiger partial charge on any atom is 0.337 e. The molecule has 2 aromatic rings. The van der Waals surface area contributed by atoms with E-state index in [1.54, 1.807) is 36.0 Å². The zero-order valence-corrected chi connectivity index (χ0v) is 16.7. The third kappa shape index (κ3) is 6.98. The lowest BCUT2D eigenvalue weighted by atomic mass is 10.1. The number of ether oxygens (including phenoxy) is 2. The molecule has 0 saturated carbocycles. The molecule has 6 heteroatoms. The van der Waals surface area contributed by atoms with E-state index in [-0.39, 0.29) is 11.9 Å². The smallest absolute Gasteiger partial charge is 0.337 e. The lowest BCUT2D eigenvalue weighted by molar-refractivity contribution is -0.113. The van der Waals surface area contributed by atoms with Crippen LogP contribution in [0, 0.1) is 13.8 Å². The second-order valence-corrected chi connectivity index (χ2v) is 7.22. The first kappa shape index (κ1) is 20.8. The number of amides is 1. The van der Waals surface area contributed by atoms with Gasteiger partial charge < -0.3 is 14.8 Å². The highest BCUT2D eigenvalue weighted by Gasteiger charge is 2.05. The monoisotopic (exact) mass is 387 g/mol. The third-order valence-corrected chi connectivity index (χ3v) is 5.04. The summed E-state index contributed by atoms with van der Waals surface area (Å²) in [5, 5.41) is 2.92. The van der Waals surface area contributed by atoms with Crippen LogP contribution in [0.2, 0.25) is 0 Å². The molecule has 0 bridgehead atoms. The van der Waals surface area contributed by atoms with Crippen molar-refractivity contribution in [2.75, 3.05) is 30.5 Å². The van der Waals surface area contributed by atoms with Crippen molar-refractivity contribution in [3.8, 4) is 5.75 Å². The quantitative estimate of drug-likeness (QED) is 0.515. The van der Waals surface area contributed by atoms with Crippen LogP contribution in [-0.2, 0) is 9.53 Å². The molecule has 2 rings (SSSR count). The van der Waals surface area contributed by atoms with E-state index in [4.69, 9.17) is 4.74 Å². The van der Waals surface area contributed by atoms with E-state index in [0.29, 0.717) is 23.7 Å². The summed E-state index contributed by atoms with van der Waals surface area (Å²) in [6, 6.07) is 12.8. The largest absolute Gasteiger partial charge is 0.494 e. The van der Waals surface area contributed by atoms with Gasteiger partial charge in [-0.15, -0.1) is 0 Å². The van der Waals surface area contributed by atoms with E-state index in [1.165, 1.54) is 12.7 Å². The van der Waals surface area contributed by atoms with E-state index in [2.05, 4.69) is 10.1 Å². The van der Waals surface area contributed by atoms with Crippen LogP contribution in [0.25, 0.3) is 0 Å². The molecule has 5 nitrogen and oxygen atoms in total. The highest BCUT2D eigenvalue weighted by atomic mass is 32.2. The zero-order valence-electron chi connectivity index (χ0n) is 15.9. The van der Waals surface area contributed by atoms with Crippen molar-refractivity contribution in [2.24, 2.45) is 0 Å². The Kier molecular flexibility index (Phi) is 8.20. The fraction of sp³-hybridized carbons (Fsp3) is 0.333. The van der Waals surface area contributed by atoms with Gasteiger partial charge in [0.25, 0.3) is 0 Å². The topological polar surface area (TPSA) is 64.6 Å². The van der Waals surface area contributed by atoms with Gasteiger partial charge in [0.05, 0.1) is 25.0 Å². The molecule has 1 N–H and O–H groups in total. The number of anilines is 1. The van der Waals surface area contributed by atoms with Crippen LogP contribution >= 0.6 is 11.8 Å². The predicted molar refractivity (Wildman–Crippen MR) is 110 cm³/mol. The molecule has 1 amide bonds. The third-order valence-electron chi connectivity index (χ3n) is 4.00. The van der Waals surface area contributed by atoms with Crippen molar-refractivity contribution in [1.82, 2.24) is 0 Å². The Labute approximate surface area is 164 Å². The molecule has 144 valence electrons. The van der Waals surface area contributed by atoms with Crippen LogP contribution in [0.15, 0.2) is 42.5 Å². The number of nitrogens with one attached hydrogen (secondary N) is 1. The van der Waals surface area contributed by atoms with E-state index < -0.39 is 0 Å². The van der Waals surface area contributed by atoms with Gasteiger partial charge in [-0.25, -0.2) is 4.79 Å². The molecule has 0 atom stereocenters. The summed E-state index contributed by atoms with van der Waals surface area (Å²) in [6.45, 7) is 4.64. The van der Waals surface area contributed by atoms with Crippen molar-refractivity contribution >= 4 is 29.3 Å². The summed E-state index contributed by atoms with van der Waals surface area (Å²) in [7, 11) is 1.35. The van der Waals surface area contributed by atoms with Crippen molar-refractivity contribution < 1.29 is 19.1 Å². The molecule has 0 unspecified atom stereocenters. The summed E-state index contributed by atoms with van der Waals surface area (Å²) < 4.78 is 10.3. The average Bonchev–Trinajstić information content (AvgIpc) is 2.67. The SMILES string of the molecule is COC(=O)c1ccc(OCCCSCC(=O)Nc2ccc(C)c(C)c2)cc1. The van der Waals surface area contributed by atoms with Crippen molar-refractivity contribution in [2.45, 2.75) is 20.3 Å². The van der Waals surface area contributed by atoms with Crippen molar-refractivity contribution in [1.29, 1.82) is 0 Å². The first-order valence-corrected chi connectivity index (χ1v) is 9.91. The van der Waals surface area contributed by atoms with Crippen LogP contribution in [0.5, 0.6) is 5.75 Å². The molecule has 2 aromatic carbocycles. The molecule has 0 aliphatic carbocycles. The number of carbonyl (C=O) groups excluding carboxylic acids is 2. The molecule has 0 radical (unpaired) electrons. The van der Waals surface area contributed by atoms with Crippen LogP contribution < -0.4 is 10.1 Å². The highest BCUT2D eigenvalue weighted by Crippen LogP contribution is 2.15. The second-order valence-electron chi connectivity index (χ2n) is 6.12. The highest BCUT2D eigenvalue weighted by molar-refractivity contribution is 7.99. The first-order chi connectivity index (χ1) is 13.0. The van der Waals surface area contributed by atoms with Gasteiger partial charge in [0.2, 0.25) is 5.91 Å². The van der Waals surface area contributed by atoms with Gasteiger partial charge >= 0.3 is 5.97 Å². The van der Waals surface area contributed by atoms with Gasteiger partial charge in [0, 0.05) is 5.69 Å². The molecule has 27 heavy (non-hydrogen) atoms. The lowest BCUT2D eigenvalue weighted by Gasteiger charge is -2.08. The van der Waals surface area contributed by atoms with E-state index in [0.717, 1.165) is 23.4 Å². The number of esters is 1. The molecule has 0 aliphatic heterocycles. The normalized spacial score (nSPS) is 10.3. The first-order valence-electron chi connectivity index (χ1n) is 8.75. The van der Waals surface area contributed by atoms with Gasteiger partial charge in [0.15, 0.2) is 0 Å². The van der Waals surface area contributed by atoms with Gasteiger partial charge in [-0.1, -0.05) is 6.07 Å². The minimum Gasteiger partial charge on any atom is -0.494 e. The summed E-state index contributed by atoms with van der Waals surface area (Å²) in [4.78, 5) is 23.3. The van der Waals surface area contributed by atoms with Crippen LogP contribution in [0.4, 0.5) is 5.69 Å². The number of hydrogen-bond acceptors (Lipinski definition) is 5. The summed E-state index contributed by atoms with van der Waals surface area (Å²) in [5.41, 5.74) is 3.71. The maximum absolute atomic E-state index is 12.0. The Morgan fingerprint density at radius 1 is 1.04 bits per heavy atom. The number of thioether (sulfide) groups is 1. The molecule has 0 fully saturated rings. The minimum atomic E-state index is -0.364. The van der Waals surface area contributed by atoms with Gasteiger partial charge in [-0.2, -0.15) is 11.8 Å². The second kappa shape index (κ2) is 10.6. The van der Waals surface area contributed by atoms with E-state index >= 15 is 0 Å². The van der Waals surface area contributed by atoms with E-state index in [9.17, 15) is 9.59 Å². The predicted octanol–water partition coefficient (Wildman–Crippen LogP) is 4.23. The molecular formula is C21H25NO4S. The van der Waals surface area contributed by atoms with Gasteiger partial charge in [-0.3, -0.25) is 4.79 Å². The Bertz CT molecular complexity index is 774. The zero-order chi connectivity index (χ0) is 19.6. The maximum atomic E-state index is 12.0. The molecule has 0 aliphatic rings. The minimum absolute atomic E-state index is 0.00238. The van der Waals surface area contributed by atoms with Crippen LogP contribution in [0.1, 0.15) is 27.9 Å². The van der Waals surface area contributed by atoms with Gasteiger partial charge in [0.1, 0.15) is 5.75 Å². The standard InChI is InChI=1S/C21H25NO4S/c1-15-5-8-18(13-16(15)2)22-20(23)14-27-12-4-11-26-19-9-6-17(7-10-19)21(24)25-3/h5-10,13H,4,11-12,14H2,1-3H3,(H,22,23). The average molecular weight is 388 g/mol. The molecular weight excluding hydrogens is 362 g/mol. The van der Waals surface area contributed by atoms with Crippen molar-refractivity contribution in [3.63, 3.8) is 0 Å². The summed E-state index contributed by atoms with van der Waals surface area (Å²) in [6.07, 6.45) is 0.834. The van der Waals surface area contributed by atoms with Crippen molar-refractivity contribution in [3.05, 3.63) is 59.2 Å². The lowest BCUT2D eigenvalue weighted by Crippen LogP contribution is -2.14. The number of carbonyl (C=O) groups is 2. The molecule has 0 aromatic heterocycles. The van der Waals surface area contributed by atoms with Crippen LogP contribution in [0.3, 0.4) is 0 Å². The Morgan fingerprint density at radius 2 is 1.78 bits per heavy atom. The molecule has 0 saturated heterocycles. The van der Waals surface area contributed by atoms with Crippen LogP contribution in [-0.4, -0.2) is 37.1 Å². The number of aryl methyl sites for hydroxylation is 2. The van der Waals surface area contributed by atoms with E-state index in [1.807, 2.05) is 32.0 Å². The fourth-order valence-corrected chi connectivity index (χ4v) is 3.06. The number of methoxy groups -OCH3 is 1. The Hall–Kier alpha value is -2.47. The molecule has 0 spiro atoms. The number of hydrogen-bond donors (Lipinski definition) is 1. The van der Waals surface area contributed by atoms with Gasteiger partial charge in [-0.05, 0) is 73.5 Å². The fourth-order valence-electron chi connectivity index (χ4n) is 2.34. The number of benzene rings is 2. The summed E-state index contributed by atoms with van der Waals surface area (Å²) in [5.74, 6) is 1.60. The summed E-state index contributed by atoms with van der Waals surface area (Å²) >= 11 is 1.58. The number of rotatable bonds is 9.